The van der Waals surface area contributed by atoms with Crippen LogP contribution in [-0.2, 0) is 6.18 Å². The molecule has 1 atom stereocenters. The van der Waals surface area contributed by atoms with Crippen molar-refractivity contribution in [2.75, 3.05) is 0 Å². The number of hydrogen-bond acceptors (Lipinski definition) is 4. The predicted molar refractivity (Wildman–Crippen MR) is 39.2 cm³/mol. The molecular weight excluding hydrogens is 211 g/mol. The number of hydrogen-bond donors (Lipinski definition) is 1. The van der Waals surface area contributed by atoms with Crippen LogP contribution < -0.4 is 5.73 Å². The van der Waals surface area contributed by atoms with E-state index in [9.17, 15) is 13.2 Å². The molecule has 0 aromatic carbocycles. The minimum absolute atomic E-state index is 0. The Balaban J connectivity index is 0.00000144. The van der Waals surface area contributed by atoms with Gasteiger partial charge >= 0.3 is 6.18 Å². The van der Waals surface area contributed by atoms with Gasteiger partial charge in [-0.1, -0.05) is 5.16 Å². The molecule has 4 nitrogen and oxygen atoms in total. The van der Waals surface area contributed by atoms with E-state index in [1.807, 2.05) is 0 Å². The number of halogens is 4. The molecule has 0 aliphatic heterocycles. The normalized spacial score (nSPS) is 13.6. The van der Waals surface area contributed by atoms with Crippen molar-refractivity contribution in [3.8, 4) is 0 Å². The van der Waals surface area contributed by atoms with Crippen LogP contribution in [0.1, 0.15) is 24.7 Å². The topological polar surface area (TPSA) is 64.9 Å². The molecule has 76 valence electrons. The Morgan fingerprint density at radius 1 is 1.46 bits per heavy atom. The van der Waals surface area contributed by atoms with Gasteiger partial charge in [-0.2, -0.15) is 18.2 Å². The number of nitrogens with zero attached hydrogens (tertiary/aromatic N) is 2. The third kappa shape index (κ3) is 2.85. The molecule has 0 saturated carbocycles. The molecule has 1 rings (SSSR count). The Morgan fingerprint density at radius 2 is 2.00 bits per heavy atom. The third-order valence-electron chi connectivity index (χ3n) is 1.08. The van der Waals surface area contributed by atoms with Gasteiger partial charge in [0.25, 0.3) is 5.82 Å². The molecule has 0 aliphatic rings. The maximum absolute atomic E-state index is 11.8. The molecule has 8 heteroatoms. The molecule has 1 aromatic rings. The first-order chi connectivity index (χ1) is 5.41. The number of rotatable bonds is 1. The van der Waals surface area contributed by atoms with Crippen LogP contribution in [-0.4, -0.2) is 10.1 Å². The molecule has 1 aromatic heterocycles. The van der Waals surface area contributed by atoms with E-state index in [0.717, 1.165) is 0 Å². The Kier molecular flexibility index (Phi) is 3.68. The summed E-state index contributed by atoms with van der Waals surface area (Å²) in [5.41, 5.74) is 5.21. The van der Waals surface area contributed by atoms with Gasteiger partial charge in [0.2, 0.25) is 5.89 Å². The smallest absolute Gasteiger partial charge is 0.337 e. The SMILES string of the molecule is CC(N)c1nc(C(F)(F)F)no1.Cl. The second kappa shape index (κ2) is 3.93. The maximum atomic E-state index is 11.8. The highest BCUT2D eigenvalue weighted by Crippen LogP contribution is 2.26. The largest absolute Gasteiger partial charge is 0.455 e. The van der Waals surface area contributed by atoms with Gasteiger partial charge in [-0.3, -0.25) is 0 Å². The predicted octanol–water partition coefficient (Wildman–Crippen LogP) is 1.53. The fourth-order valence-electron chi connectivity index (χ4n) is 0.535. The molecule has 0 radical (unpaired) electrons. The van der Waals surface area contributed by atoms with Crippen molar-refractivity contribution < 1.29 is 17.7 Å². The number of nitrogens with two attached hydrogens (primary N) is 1. The van der Waals surface area contributed by atoms with Gasteiger partial charge in [-0.25, -0.2) is 0 Å². The summed E-state index contributed by atoms with van der Waals surface area (Å²) < 4.78 is 39.8. The second-order valence-corrected chi connectivity index (χ2v) is 2.24. The van der Waals surface area contributed by atoms with Crippen molar-refractivity contribution in [2.45, 2.75) is 19.1 Å². The fraction of sp³-hybridized carbons (Fsp3) is 0.600. The molecule has 0 fully saturated rings. The maximum Gasteiger partial charge on any atom is 0.455 e. The number of aromatic nitrogens is 2. The quantitative estimate of drug-likeness (QED) is 0.775. The van der Waals surface area contributed by atoms with Crippen molar-refractivity contribution in [2.24, 2.45) is 5.73 Å². The Hall–Kier alpha value is -0.820. The summed E-state index contributed by atoms with van der Waals surface area (Å²) in [6.07, 6.45) is -4.57. The van der Waals surface area contributed by atoms with Crippen molar-refractivity contribution in [1.82, 2.24) is 10.1 Å². The van der Waals surface area contributed by atoms with Crippen LogP contribution in [0.2, 0.25) is 0 Å². The van der Waals surface area contributed by atoms with E-state index in [2.05, 4.69) is 14.7 Å². The van der Waals surface area contributed by atoms with E-state index in [1.54, 1.807) is 0 Å². The van der Waals surface area contributed by atoms with Crippen LogP contribution in [0.3, 0.4) is 0 Å². The molecule has 1 unspecified atom stereocenters. The Bertz CT molecular complexity index is 272. The molecular formula is C5H7ClF3N3O. The molecule has 0 saturated heterocycles. The van der Waals surface area contributed by atoms with Crippen LogP contribution in [0.15, 0.2) is 4.52 Å². The van der Waals surface area contributed by atoms with E-state index in [1.165, 1.54) is 6.92 Å². The number of alkyl halides is 3. The van der Waals surface area contributed by atoms with Crippen molar-refractivity contribution >= 4 is 12.4 Å². The zero-order valence-corrected chi connectivity index (χ0v) is 7.32. The molecule has 0 bridgehead atoms. The summed E-state index contributed by atoms with van der Waals surface area (Å²) in [6.45, 7) is 1.45. The van der Waals surface area contributed by atoms with E-state index < -0.39 is 18.0 Å². The Morgan fingerprint density at radius 3 is 2.23 bits per heavy atom. The van der Waals surface area contributed by atoms with Crippen LogP contribution in [0.4, 0.5) is 13.2 Å². The summed E-state index contributed by atoms with van der Waals surface area (Å²) in [7, 11) is 0. The first-order valence-electron chi connectivity index (χ1n) is 3.07. The lowest BCUT2D eigenvalue weighted by molar-refractivity contribution is -0.146. The van der Waals surface area contributed by atoms with Crippen LogP contribution in [0.5, 0.6) is 0 Å². The summed E-state index contributed by atoms with van der Waals surface area (Å²) in [5, 5.41) is 2.72. The molecule has 0 aliphatic carbocycles. The fourth-order valence-corrected chi connectivity index (χ4v) is 0.535. The summed E-state index contributed by atoms with van der Waals surface area (Å²) in [5.74, 6) is -1.52. The zero-order chi connectivity index (χ0) is 9.35. The summed E-state index contributed by atoms with van der Waals surface area (Å²) >= 11 is 0. The van der Waals surface area contributed by atoms with Gasteiger partial charge in [-0.05, 0) is 6.92 Å². The van der Waals surface area contributed by atoms with Gasteiger partial charge in [0.15, 0.2) is 0 Å². The molecule has 2 N–H and O–H groups in total. The lowest BCUT2D eigenvalue weighted by Crippen LogP contribution is -2.09. The van der Waals surface area contributed by atoms with E-state index >= 15 is 0 Å². The van der Waals surface area contributed by atoms with E-state index in [4.69, 9.17) is 5.73 Å². The van der Waals surface area contributed by atoms with Crippen molar-refractivity contribution in [3.63, 3.8) is 0 Å². The Labute approximate surface area is 77.7 Å². The minimum Gasteiger partial charge on any atom is -0.337 e. The molecule has 0 spiro atoms. The third-order valence-corrected chi connectivity index (χ3v) is 1.08. The van der Waals surface area contributed by atoms with Gasteiger partial charge < -0.3 is 10.3 Å². The first kappa shape index (κ1) is 12.2. The van der Waals surface area contributed by atoms with Crippen molar-refractivity contribution in [3.05, 3.63) is 11.7 Å². The van der Waals surface area contributed by atoms with Crippen molar-refractivity contribution in [1.29, 1.82) is 0 Å². The average Bonchev–Trinajstić information content (AvgIpc) is 2.30. The summed E-state index contributed by atoms with van der Waals surface area (Å²) in [6, 6.07) is -0.686. The van der Waals surface area contributed by atoms with E-state index in [-0.39, 0.29) is 18.3 Å². The summed E-state index contributed by atoms with van der Waals surface area (Å²) in [4.78, 5) is 3.05. The minimum atomic E-state index is -4.57. The van der Waals surface area contributed by atoms with Gasteiger partial charge in [0.05, 0.1) is 6.04 Å². The zero-order valence-electron chi connectivity index (χ0n) is 6.50. The van der Waals surface area contributed by atoms with Gasteiger partial charge in [0.1, 0.15) is 0 Å². The lowest BCUT2D eigenvalue weighted by atomic mass is 10.4. The highest BCUT2D eigenvalue weighted by Gasteiger charge is 2.37. The lowest BCUT2D eigenvalue weighted by Gasteiger charge is -1.96. The highest BCUT2D eigenvalue weighted by molar-refractivity contribution is 5.85. The molecule has 13 heavy (non-hydrogen) atoms. The highest BCUT2D eigenvalue weighted by atomic mass is 35.5. The monoisotopic (exact) mass is 217 g/mol. The van der Waals surface area contributed by atoms with Gasteiger partial charge in [0, 0.05) is 0 Å². The van der Waals surface area contributed by atoms with Gasteiger partial charge in [-0.15, -0.1) is 12.4 Å². The van der Waals surface area contributed by atoms with Crippen LogP contribution in [0.25, 0.3) is 0 Å². The van der Waals surface area contributed by atoms with E-state index in [0.29, 0.717) is 0 Å². The van der Waals surface area contributed by atoms with Crippen LogP contribution in [0, 0.1) is 0 Å². The standard InChI is InChI=1S/C5H6F3N3O.ClH/c1-2(9)3-10-4(11-12-3)5(6,7)8;/h2H,9H2,1H3;1H. The van der Waals surface area contributed by atoms with Crippen LogP contribution >= 0.6 is 12.4 Å². The second-order valence-electron chi connectivity index (χ2n) is 2.24. The molecule has 1 heterocycles. The average molecular weight is 218 g/mol. The molecule has 0 amide bonds. The first-order valence-corrected chi connectivity index (χ1v) is 3.07.